The second-order valence-corrected chi connectivity index (χ2v) is 9.38. The lowest BCUT2D eigenvalue weighted by Gasteiger charge is -2.38. The maximum atomic E-state index is 14.1. The standard InChI is InChI=1S/C29H28N4O2/c1-31-20-17-30-27(31)21-32-18-15-29(16-19-32)25-9-5-6-10-26(25)33(28(29)34)22-11-13-24(14-12-22)35-23-7-3-2-4-8-23/h2-14,17,20H,15-16,18-19,21H2,1H3. The molecule has 0 bridgehead atoms. The highest BCUT2D eigenvalue weighted by molar-refractivity contribution is 6.13. The van der Waals surface area contributed by atoms with Crippen molar-refractivity contribution in [2.75, 3.05) is 18.0 Å². The van der Waals surface area contributed by atoms with Crippen molar-refractivity contribution in [2.45, 2.75) is 24.8 Å². The molecule has 6 nitrogen and oxygen atoms in total. The molecule has 4 aromatic rings. The largest absolute Gasteiger partial charge is 0.457 e. The van der Waals surface area contributed by atoms with E-state index in [0.29, 0.717) is 0 Å². The number of imidazole rings is 1. The van der Waals surface area contributed by atoms with Crippen molar-refractivity contribution in [1.29, 1.82) is 0 Å². The van der Waals surface area contributed by atoms with Crippen molar-refractivity contribution in [3.05, 3.63) is 103 Å². The minimum Gasteiger partial charge on any atom is -0.457 e. The Labute approximate surface area is 205 Å². The van der Waals surface area contributed by atoms with Crippen molar-refractivity contribution >= 4 is 17.3 Å². The third kappa shape index (κ3) is 3.80. The van der Waals surface area contributed by atoms with E-state index in [1.165, 1.54) is 0 Å². The molecule has 6 rings (SSSR count). The maximum Gasteiger partial charge on any atom is 0.242 e. The highest BCUT2D eigenvalue weighted by Gasteiger charge is 2.52. The van der Waals surface area contributed by atoms with E-state index in [1.807, 2.05) is 85.0 Å². The first-order valence-electron chi connectivity index (χ1n) is 12.1. The molecule has 1 fully saturated rings. The number of amides is 1. The Morgan fingerprint density at radius 2 is 1.57 bits per heavy atom. The van der Waals surface area contributed by atoms with Crippen LogP contribution in [-0.2, 0) is 23.8 Å². The molecule has 2 aliphatic heterocycles. The number of rotatable bonds is 5. The molecular weight excluding hydrogens is 436 g/mol. The number of aromatic nitrogens is 2. The number of carbonyl (C=O) groups is 1. The van der Waals surface area contributed by atoms with Crippen LogP contribution < -0.4 is 9.64 Å². The quantitative estimate of drug-likeness (QED) is 0.396. The van der Waals surface area contributed by atoms with Gasteiger partial charge in [0.05, 0.1) is 17.6 Å². The molecule has 0 N–H and O–H groups in total. The van der Waals surface area contributed by atoms with Crippen LogP contribution in [0.15, 0.2) is 91.3 Å². The summed E-state index contributed by atoms with van der Waals surface area (Å²) in [5, 5.41) is 0. The molecule has 2 aliphatic rings. The van der Waals surface area contributed by atoms with Gasteiger partial charge in [0.2, 0.25) is 5.91 Å². The lowest BCUT2D eigenvalue weighted by molar-refractivity contribution is -0.124. The average molecular weight is 465 g/mol. The summed E-state index contributed by atoms with van der Waals surface area (Å²) < 4.78 is 8.01. The summed E-state index contributed by atoms with van der Waals surface area (Å²) in [6, 6.07) is 25.8. The van der Waals surface area contributed by atoms with E-state index >= 15 is 0 Å². The summed E-state index contributed by atoms with van der Waals surface area (Å²) in [5.41, 5.74) is 2.53. The van der Waals surface area contributed by atoms with Crippen LogP contribution in [0.2, 0.25) is 0 Å². The predicted molar refractivity (Wildman–Crippen MR) is 136 cm³/mol. The number of piperidine rings is 1. The summed E-state index contributed by atoms with van der Waals surface area (Å²) in [6.45, 7) is 2.54. The van der Waals surface area contributed by atoms with Crippen LogP contribution in [0.5, 0.6) is 11.5 Å². The highest BCUT2D eigenvalue weighted by Crippen LogP contribution is 2.50. The molecule has 3 heterocycles. The molecule has 35 heavy (non-hydrogen) atoms. The molecular formula is C29H28N4O2. The Morgan fingerprint density at radius 3 is 2.29 bits per heavy atom. The van der Waals surface area contributed by atoms with Crippen LogP contribution in [0.3, 0.4) is 0 Å². The van der Waals surface area contributed by atoms with Crippen molar-refractivity contribution in [1.82, 2.24) is 14.5 Å². The van der Waals surface area contributed by atoms with Crippen molar-refractivity contribution in [3.8, 4) is 11.5 Å². The zero-order valence-electron chi connectivity index (χ0n) is 19.8. The van der Waals surface area contributed by atoms with Gasteiger partial charge in [-0.1, -0.05) is 36.4 Å². The molecule has 1 saturated heterocycles. The van der Waals surface area contributed by atoms with Crippen LogP contribution in [0.1, 0.15) is 24.2 Å². The SMILES string of the molecule is Cn1ccnc1CN1CCC2(CC1)C(=O)N(c1ccc(Oc3ccccc3)cc1)c1ccccc12. The molecule has 3 aromatic carbocycles. The number of hydrogen-bond acceptors (Lipinski definition) is 4. The lowest BCUT2D eigenvalue weighted by atomic mass is 9.73. The molecule has 1 amide bonds. The zero-order valence-corrected chi connectivity index (χ0v) is 19.8. The van der Waals surface area contributed by atoms with Gasteiger partial charge >= 0.3 is 0 Å². The van der Waals surface area contributed by atoms with Gasteiger partial charge in [-0.3, -0.25) is 14.6 Å². The highest BCUT2D eigenvalue weighted by atomic mass is 16.5. The monoisotopic (exact) mass is 464 g/mol. The maximum absolute atomic E-state index is 14.1. The van der Waals surface area contributed by atoms with E-state index in [9.17, 15) is 4.79 Å². The minimum absolute atomic E-state index is 0.173. The van der Waals surface area contributed by atoms with E-state index in [2.05, 4.69) is 32.7 Å². The molecule has 0 saturated carbocycles. The molecule has 6 heteroatoms. The van der Waals surface area contributed by atoms with Gasteiger partial charge in [-0.05, 0) is 74.0 Å². The van der Waals surface area contributed by atoms with Gasteiger partial charge < -0.3 is 9.30 Å². The molecule has 1 aromatic heterocycles. The van der Waals surface area contributed by atoms with Gasteiger partial charge in [-0.2, -0.15) is 0 Å². The minimum atomic E-state index is -0.478. The number of benzene rings is 3. The van der Waals surface area contributed by atoms with Gasteiger partial charge in [-0.15, -0.1) is 0 Å². The summed E-state index contributed by atoms with van der Waals surface area (Å²) in [4.78, 5) is 22.8. The fraction of sp³-hybridized carbons (Fsp3) is 0.241. The van der Waals surface area contributed by atoms with E-state index in [4.69, 9.17) is 4.74 Å². The van der Waals surface area contributed by atoms with E-state index < -0.39 is 5.41 Å². The number of para-hydroxylation sites is 2. The molecule has 0 unspecified atom stereocenters. The fourth-order valence-corrected chi connectivity index (χ4v) is 5.38. The molecule has 0 aliphatic carbocycles. The number of nitrogens with zero attached hydrogens (tertiary/aromatic N) is 4. The third-order valence-electron chi connectivity index (χ3n) is 7.34. The van der Waals surface area contributed by atoms with Crippen LogP contribution in [0, 0.1) is 0 Å². The first-order valence-corrected chi connectivity index (χ1v) is 12.1. The zero-order chi connectivity index (χ0) is 23.8. The molecule has 1 spiro atoms. The fourth-order valence-electron chi connectivity index (χ4n) is 5.38. The smallest absolute Gasteiger partial charge is 0.242 e. The third-order valence-corrected chi connectivity index (χ3v) is 7.34. The van der Waals surface area contributed by atoms with Gasteiger partial charge in [0.1, 0.15) is 17.3 Å². The second kappa shape index (κ2) is 8.71. The summed E-state index contributed by atoms with van der Waals surface area (Å²) in [5.74, 6) is 2.77. The molecule has 0 atom stereocenters. The number of aryl methyl sites for hydroxylation is 1. The van der Waals surface area contributed by atoms with Gasteiger partial charge in [0.25, 0.3) is 0 Å². The van der Waals surface area contributed by atoms with Crippen LogP contribution >= 0.6 is 0 Å². The molecule has 176 valence electrons. The number of ether oxygens (including phenoxy) is 1. The summed E-state index contributed by atoms with van der Waals surface area (Å²) >= 11 is 0. The second-order valence-electron chi connectivity index (χ2n) is 9.38. The van der Waals surface area contributed by atoms with Gasteiger partial charge in [0, 0.05) is 25.1 Å². The topological polar surface area (TPSA) is 50.6 Å². The first kappa shape index (κ1) is 21.6. The number of likely N-dealkylation sites (tertiary alicyclic amines) is 1. The average Bonchev–Trinajstić information content (AvgIpc) is 3.40. The number of carbonyl (C=O) groups excluding carboxylic acids is 1. The molecule has 0 radical (unpaired) electrons. The predicted octanol–water partition coefficient (Wildman–Crippen LogP) is 5.42. The van der Waals surface area contributed by atoms with Crippen LogP contribution in [0.25, 0.3) is 0 Å². The normalized spacial score (nSPS) is 17.1. The van der Waals surface area contributed by atoms with Crippen molar-refractivity contribution < 1.29 is 9.53 Å². The van der Waals surface area contributed by atoms with E-state index in [1.54, 1.807) is 0 Å². The van der Waals surface area contributed by atoms with E-state index in [-0.39, 0.29) is 5.91 Å². The lowest BCUT2D eigenvalue weighted by Crippen LogP contribution is -2.47. The number of hydrogen-bond donors (Lipinski definition) is 0. The van der Waals surface area contributed by atoms with E-state index in [0.717, 1.165) is 66.7 Å². The Kier molecular flexibility index (Phi) is 5.38. The Hall–Kier alpha value is -3.90. The van der Waals surface area contributed by atoms with Crippen LogP contribution in [-0.4, -0.2) is 33.4 Å². The summed E-state index contributed by atoms with van der Waals surface area (Å²) in [7, 11) is 2.03. The van der Waals surface area contributed by atoms with Gasteiger partial charge in [0.15, 0.2) is 0 Å². The number of anilines is 2. The Balaban J connectivity index is 1.24. The van der Waals surface area contributed by atoms with Crippen molar-refractivity contribution in [3.63, 3.8) is 0 Å². The van der Waals surface area contributed by atoms with Crippen molar-refractivity contribution in [2.24, 2.45) is 7.05 Å². The number of fused-ring (bicyclic) bond motifs is 2. The van der Waals surface area contributed by atoms with Gasteiger partial charge in [-0.25, -0.2) is 4.98 Å². The Bertz CT molecular complexity index is 1340. The van der Waals surface area contributed by atoms with Crippen LogP contribution in [0.4, 0.5) is 11.4 Å². The summed E-state index contributed by atoms with van der Waals surface area (Å²) in [6.07, 6.45) is 5.43. The first-order chi connectivity index (χ1) is 17.1. The Morgan fingerprint density at radius 1 is 0.886 bits per heavy atom.